The Kier molecular flexibility index (Phi) is 3.02. The predicted molar refractivity (Wildman–Crippen MR) is 85.9 cm³/mol. The highest BCUT2D eigenvalue weighted by atomic mass is 16.5. The fraction of sp³-hybridized carbons (Fsp3) is 0.611. The number of methoxy groups -OCH3 is 1. The molecule has 4 aliphatic heterocycles. The number of carboxylic acids is 1. The van der Waals surface area contributed by atoms with Crippen molar-refractivity contribution in [3.8, 4) is 5.75 Å². The van der Waals surface area contributed by atoms with Crippen LogP contribution in [0, 0.1) is 5.92 Å². The van der Waals surface area contributed by atoms with E-state index >= 15 is 0 Å². The first-order chi connectivity index (χ1) is 11.6. The third-order valence-corrected chi connectivity index (χ3v) is 6.54. The zero-order valence-corrected chi connectivity index (χ0v) is 13.9. The van der Waals surface area contributed by atoms with Gasteiger partial charge < -0.3 is 14.6 Å². The summed E-state index contributed by atoms with van der Waals surface area (Å²) < 4.78 is 11.8. The third kappa shape index (κ3) is 1.68. The molecule has 0 saturated carbocycles. The molecule has 0 radical (unpaired) electrons. The van der Waals surface area contributed by atoms with E-state index in [0.29, 0.717) is 13.0 Å². The minimum Gasteiger partial charge on any atom is -0.496 e. The Morgan fingerprint density at radius 1 is 1.38 bits per heavy atom. The summed E-state index contributed by atoms with van der Waals surface area (Å²) >= 11 is 0. The molecule has 0 aliphatic carbocycles. The number of likely N-dealkylation sites (N-methyl/N-ethyl adjacent to an activating group) is 1. The minimum atomic E-state index is -0.677. The number of fused-ring (bicyclic) bond motifs is 6. The van der Waals surface area contributed by atoms with Gasteiger partial charge in [-0.2, -0.15) is 0 Å². The molecule has 128 valence electrons. The highest BCUT2D eigenvalue weighted by Crippen LogP contribution is 2.52. The number of hydrogen-bond donors (Lipinski definition) is 1. The Hall–Kier alpha value is -1.63. The molecule has 1 aromatic rings. The molecule has 0 aromatic heterocycles. The number of rotatable bonds is 2. The fourth-order valence-electron chi connectivity index (χ4n) is 5.63. The van der Waals surface area contributed by atoms with Crippen LogP contribution in [0.5, 0.6) is 5.75 Å². The molecule has 2 bridgehead atoms. The molecule has 3 fully saturated rings. The molecule has 6 heteroatoms. The average molecular weight is 330 g/mol. The van der Waals surface area contributed by atoms with Gasteiger partial charge in [-0.15, -0.1) is 0 Å². The highest BCUT2D eigenvalue weighted by Gasteiger charge is 2.62. The molecule has 3 saturated heterocycles. The van der Waals surface area contributed by atoms with Crippen molar-refractivity contribution in [2.75, 3.05) is 20.8 Å². The summed E-state index contributed by atoms with van der Waals surface area (Å²) in [5, 5.41) is 9.71. The summed E-state index contributed by atoms with van der Waals surface area (Å²) in [7, 11) is 3.77. The number of piperazine rings is 1. The summed E-state index contributed by atoms with van der Waals surface area (Å²) in [5.41, 5.74) is 2.50. The lowest BCUT2D eigenvalue weighted by Gasteiger charge is -2.51. The van der Waals surface area contributed by atoms with Crippen molar-refractivity contribution in [2.24, 2.45) is 5.92 Å². The van der Waals surface area contributed by atoms with Gasteiger partial charge in [0.05, 0.1) is 31.7 Å². The number of carboxylic acid groups (broad SMARTS) is 1. The Morgan fingerprint density at radius 2 is 2.21 bits per heavy atom. The van der Waals surface area contributed by atoms with E-state index in [1.807, 2.05) is 12.1 Å². The van der Waals surface area contributed by atoms with E-state index in [1.165, 1.54) is 11.1 Å². The Bertz CT molecular complexity index is 708. The van der Waals surface area contributed by atoms with E-state index < -0.39 is 5.97 Å². The van der Waals surface area contributed by atoms with Crippen LogP contribution in [0.15, 0.2) is 18.2 Å². The molecule has 6 atom stereocenters. The van der Waals surface area contributed by atoms with Crippen LogP contribution in [0.25, 0.3) is 0 Å². The SMILES string of the molecule is COc1cccc2c1[C@@H]1COC3[C@@H]4CC(C(=O)O)[C@H]([C@H](C2)N31)N4C. The predicted octanol–water partition coefficient (Wildman–Crippen LogP) is 1.11. The zero-order chi connectivity index (χ0) is 16.6. The van der Waals surface area contributed by atoms with Crippen LogP contribution in [-0.4, -0.2) is 66.0 Å². The first-order valence-electron chi connectivity index (χ1n) is 8.61. The lowest BCUT2D eigenvalue weighted by atomic mass is 9.82. The summed E-state index contributed by atoms with van der Waals surface area (Å²) in [6, 6.07) is 6.76. The van der Waals surface area contributed by atoms with E-state index in [4.69, 9.17) is 9.47 Å². The van der Waals surface area contributed by atoms with Crippen molar-refractivity contribution in [3.63, 3.8) is 0 Å². The van der Waals surface area contributed by atoms with Crippen LogP contribution in [0.1, 0.15) is 23.6 Å². The standard InChI is InChI=1S/C18H22N2O4/c1-19-12-7-10(18(21)22)16(19)11-6-9-4-3-5-14(23-2)15(9)13-8-24-17(12)20(11)13/h3-5,10-13,16-17H,6-8H2,1-2H3,(H,21,22)/t10?,11-,12-,13-,16+,17?/m0/s1. The first-order valence-corrected chi connectivity index (χ1v) is 8.61. The summed E-state index contributed by atoms with van der Waals surface area (Å²) in [5.74, 6) is -0.0724. The number of benzene rings is 1. The molecule has 0 amide bonds. The van der Waals surface area contributed by atoms with Gasteiger partial charge in [-0.25, -0.2) is 0 Å². The van der Waals surface area contributed by atoms with Gasteiger partial charge in [0.25, 0.3) is 0 Å². The van der Waals surface area contributed by atoms with Crippen LogP contribution in [0.4, 0.5) is 0 Å². The van der Waals surface area contributed by atoms with E-state index in [1.54, 1.807) is 7.11 Å². The maximum atomic E-state index is 11.8. The van der Waals surface area contributed by atoms with E-state index in [2.05, 4.69) is 22.9 Å². The molecule has 24 heavy (non-hydrogen) atoms. The summed E-state index contributed by atoms with van der Waals surface area (Å²) in [4.78, 5) is 16.5. The molecule has 2 unspecified atom stereocenters. The smallest absolute Gasteiger partial charge is 0.308 e. The molecule has 0 spiro atoms. The van der Waals surface area contributed by atoms with E-state index in [9.17, 15) is 9.90 Å². The molecule has 1 aromatic carbocycles. The number of nitrogens with zero attached hydrogens (tertiary/aromatic N) is 2. The number of ether oxygens (including phenoxy) is 2. The van der Waals surface area contributed by atoms with E-state index in [-0.39, 0.29) is 36.3 Å². The number of hydrogen-bond acceptors (Lipinski definition) is 5. The van der Waals surface area contributed by atoms with Gasteiger partial charge in [0.1, 0.15) is 12.0 Å². The van der Waals surface area contributed by atoms with Crippen molar-refractivity contribution < 1.29 is 19.4 Å². The third-order valence-electron chi connectivity index (χ3n) is 6.54. The highest BCUT2D eigenvalue weighted by molar-refractivity contribution is 5.72. The second kappa shape index (κ2) is 4.94. The maximum absolute atomic E-state index is 11.8. The van der Waals surface area contributed by atoms with Crippen molar-refractivity contribution in [1.82, 2.24) is 9.80 Å². The molecular formula is C18H22N2O4. The van der Waals surface area contributed by atoms with E-state index in [0.717, 1.165) is 12.2 Å². The molecule has 1 N–H and O–H groups in total. The van der Waals surface area contributed by atoms with Gasteiger partial charge in [-0.05, 0) is 31.5 Å². The molecule has 5 rings (SSSR count). The minimum absolute atomic E-state index is 0.0105. The molecule has 6 nitrogen and oxygen atoms in total. The van der Waals surface area contributed by atoms with Crippen LogP contribution in [0.3, 0.4) is 0 Å². The van der Waals surface area contributed by atoms with Crippen LogP contribution < -0.4 is 4.74 Å². The zero-order valence-electron chi connectivity index (χ0n) is 13.9. The van der Waals surface area contributed by atoms with Gasteiger partial charge in [-0.3, -0.25) is 14.6 Å². The van der Waals surface area contributed by atoms with Gasteiger partial charge >= 0.3 is 5.97 Å². The van der Waals surface area contributed by atoms with Gasteiger partial charge in [0.2, 0.25) is 0 Å². The van der Waals surface area contributed by atoms with Crippen molar-refractivity contribution >= 4 is 5.97 Å². The van der Waals surface area contributed by atoms with Crippen LogP contribution in [0.2, 0.25) is 0 Å². The lowest BCUT2D eigenvalue weighted by molar-refractivity contribution is -0.144. The van der Waals surface area contributed by atoms with Crippen molar-refractivity contribution in [3.05, 3.63) is 29.3 Å². The number of carbonyl (C=O) groups is 1. The second-order valence-electron chi connectivity index (χ2n) is 7.40. The van der Waals surface area contributed by atoms with Crippen molar-refractivity contribution in [1.29, 1.82) is 0 Å². The van der Waals surface area contributed by atoms with Gasteiger partial charge in [0.15, 0.2) is 0 Å². The molecule has 4 heterocycles. The molecular weight excluding hydrogens is 308 g/mol. The van der Waals surface area contributed by atoms with Crippen LogP contribution >= 0.6 is 0 Å². The lowest BCUT2D eigenvalue weighted by Crippen LogP contribution is -2.64. The average Bonchev–Trinajstić information content (AvgIpc) is 3.10. The molecule has 4 aliphatic rings. The Labute approximate surface area is 140 Å². The first kappa shape index (κ1) is 14.7. The van der Waals surface area contributed by atoms with Gasteiger partial charge in [-0.1, -0.05) is 12.1 Å². The topological polar surface area (TPSA) is 62.2 Å². The maximum Gasteiger partial charge on any atom is 0.308 e. The monoisotopic (exact) mass is 330 g/mol. The quantitative estimate of drug-likeness (QED) is 0.876. The largest absolute Gasteiger partial charge is 0.496 e. The van der Waals surface area contributed by atoms with Crippen molar-refractivity contribution in [2.45, 2.75) is 43.2 Å². The van der Waals surface area contributed by atoms with Gasteiger partial charge in [0, 0.05) is 17.6 Å². The Morgan fingerprint density at radius 3 is 2.96 bits per heavy atom. The Balaban J connectivity index is 1.64. The second-order valence-corrected chi connectivity index (χ2v) is 7.40. The summed E-state index contributed by atoms with van der Waals surface area (Å²) in [6.07, 6.45) is 1.52. The van der Waals surface area contributed by atoms with Crippen LogP contribution in [-0.2, 0) is 16.0 Å². The number of aliphatic carboxylic acids is 1. The summed E-state index contributed by atoms with van der Waals surface area (Å²) in [6.45, 7) is 0.656. The fourth-order valence-corrected chi connectivity index (χ4v) is 5.63. The normalized spacial score (nSPS) is 40.2.